The zero-order chi connectivity index (χ0) is 14.7. The summed E-state index contributed by atoms with van der Waals surface area (Å²) in [6.45, 7) is 4.09. The molecule has 0 saturated heterocycles. The fourth-order valence-electron chi connectivity index (χ4n) is 2.67. The number of aliphatic imine (C=N–C) groups is 1. The summed E-state index contributed by atoms with van der Waals surface area (Å²) in [5, 5.41) is 8.12. The van der Waals surface area contributed by atoms with Crippen LogP contribution in [0.4, 0.5) is 0 Å². The molecule has 112 valence electrons. The van der Waals surface area contributed by atoms with Crippen LogP contribution in [0, 0.1) is 12.8 Å². The summed E-state index contributed by atoms with van der Waals surface area (Å²) in [5.41, 5.74) is 3.91. The Kier molecular flexibility index (Phi) is 4.13. The van der Waals surface area contributed by atoms with Crippen molar-refractivity contribution in [1.29, 1.82) is 0 Å². The van der Waals surface area contributed by atoms with Crippen molar-refractivity contribution < 1.29 is 0 Å². The zero-order valence-corrected chi connectivity index (χ0v) is 12.9. The van der Waals surface area contributed by atoms with Crippen LogP contribution in [-0.4, -0.2) is 31.1 Å². The van der Waals surface area contributed by atoms with Gasteiger partial charge in [-0.2, -0.15) is 0 Å². The standard InChI is InChI=1S/C17H24N4/c1-12-4-3-5-15-14(11-20-16(12)15)8-9-19-17(18-2)21-10-13-6-7-13/h3-5,11,13,20H,6-10H2,1-2H3,(H2,18,19,21). The van der Waals surface area contributed by atoms with E-state index in [1.165, 1.54) is 34.9 Å². The molecule has 1 fully saturated rings. The topological polar surface area (TPSA) is 52.2 Å². The van der Waals surface area contributed by atoms with Gasteiger partial charge in [-0.05, 0) is 43.2 Å². The zero-order valence-electron chi connectivity index (χ0n) is 12.9. The third-order valence-corrected chi connectivity index (χ3v) is 4.17. The maximum atomic E-state index is 4.27. The van der Waals surface area contributed by atoms with E-state index in [1.54, 1.807) is 0 Å². The monoisotopic (exact) mass is 284 g/mol. The van der Waals surface area contributed by atoms with E-state index in [4.69, 9.17) is 0 Å². The van der Waals surface area contributed by atoms with Crippen LogP contribution < -0.4 is 10.6 Å². The number of H-pyrrole nitrogens is 1. The second-order valence-electron chi connectivity index (χ2n) is 5.88. The van der Waals surface area contributed by atoms with Crippen molar-refractivity contribution in [2.75, 3.05) is 20.1 Å². The highest BCUT2D eigenvalue weighted by Crippen LogP contribution is 2.27. The van der Waals surface area contributed by atoms with Crippen molar-refractivity contribution in [3.05, 3.63) is 35.5 Å². The van der Waals surface area contributed by atoms with Gasteiger partial charge in [0.2, 0.25) is 0 Å². The summed E-state index contributed by atoms with van der Waals surface area (Å²) in [7, 11) is 1.83. The fraction of sp³-hybridized carbons (Fsp3) is 0.471. The van der Waals surface area contributed by atoms with Gasteiger partial charge in [-0.1, -0.05) is 18.2 Å². The fourth-order valence-corrected chi connectivity index (χ4v) is 2.67. The minimum atomic E-state index is 0.861. The number of fused-ring (bicyclic) bond motifs is 1. The van der Waals surface area contributed by atoms with E-state index in [9.17, 15) is 0 Å². The van der Waals surface area contributed by atoms with Gasteiger partial charge in [-0.15, -0.1) is 0 Å². The average molecular weight is 284 g/mol. The molecular weight excluding hydrogens is 260 g/mol. The third-order valence-electron chi connectivity index (χ3n) is 4.17. The lowest BCUT2D eigenvalue weighted by Crippen LogP contribution is -2.39. The number of hydrogen-bond donors (Lipinski definition) is 3. The van der Waals surface area contributed by atoms with Gasteiger partial charge in [0, 0.05) is 37.2 Å². The number of aromatic nitrogens is 1. The average Bonchev–Trinajstić information content (AvgIpc) is 3.23. The lowest BCUT2D eigenvalue weighted by Gasteiger charge is -2.11. The molecule has 2 aromatic rings. The molecule has 4 heteroatoms. The first kappa shape index (κ1) is 14.0. The molecule has 4 nitrogen and oxygen atoms in total. The van der Waals surface area contributed by atoms with Crippen LogP contribution >= 0.6 is 0 Å². The Morgan fingerprint density at radius 3 is 2.95 bits per heavy atom. The summed E-state index contributed by atoms with van der Waals surface area (Å²) in [6, 6.07) is 6.46. The summed E-state index contributed by atoms with van der Waals surface area (Å²) >= 11 is 0. The van der Waals surface area contributed by atoms with Crippen molar-refractivity contribution in [3.8, 4) is 0 Å². The van der Waals surface area contributed by atoms with E-state index in [-0.39, 0.29) is 0 Å². The molecule has 1 saturated carbocycles. The van der Waals surface area contributed by atoms with E-state index < -0.39 is 0 Å². The summed E-state index contributed by atoms with van der Waals surface area (Å²) in [5.74, 6) is 1.78. The largest absolute Gasteiger partial charge is 0.361 e. The van der Waals surface area contributed by atoms with Crippen molar-refractivity contribution in [1.82, 2.24) is 15.6 Å². The van der Waals surface area contributed by atoms with Crippen LogP contribution in [0.25, 0.3) is 10.9 Å². The van der Waals surface area contributed by atoms with Crippen LogP contribution in [0.5, 0.6) is 0 Å². The Balaban J connectivity index is 1.54. The van der Waals surface area contributed by atoms with E-state index in [1.807, 2.05) is 7.05 Å². The lowest BCUT2D eigenvalue weighted by molar-refractivity contribution is 0.735. The number of hydrogen-bond acceptors (Lipinski definition) is 1. The first-order valence-corrected chi connectivity index (χ1v) is 7.78. The molecule has 0 bridgehead atoms. The van der Waals surface area contributed by atoms with Gasteiger partial charge in [-0.3, -0.25) is 4.99 Å². The summed E-state index contributed by atoms with van der Waals surface area (Å²) < 4.78 is 0. The summed E-state index contributed by atoms with van der Waals surface area (Å²) in [4.78, 5) is 7.65. The Morgan fingerprint density at radius 2 is 2.19 bits per heavy atom. The molecule has 0 amide bonds. The third kappa shape index (κ3) is 3.38. The van der Waals surface area contributed by atoms with E-state index in [0.29, 0.717) is 0 Å². The molecule has 0 radical (unpaired) electrons. The number of nitrogens with zero attached hydrogens (tertiary/aromatic N) is 1. The highest BCUT2D eigenvalue weighted by molar-refractivity contribution is 5.86. The second kappa shape index (κ2) is 6.20. The smallest absolute Gasteiger partial charge is 0.190 e. The molecule has 1 aliphatic rings. The molecule has 1 aliphatic carbocycles. The Bertz CT molecular complexity index is 637. The van der Waals surface area contributed by atoms with Crippen molar-refractivity contribution in [2.45, 2.75) is 26.2 Å². The van der Waals surface area contributed by atoms with Gasteiger partial charge in [0.15, 0.2) is 5.96 Å². The number of aromatic amines is 1. The Morgan fingerprint density at radius 1 is 1.33 bits per heavy atom. The van der Waals surface area contributed by atoms with E-state index >= 15 is 0 Å². The van der Waals surface area contributed by atoms with Crippen molar-refractivity contribution >= 4 is 16.9 Å². The second-order valence-corrected chi connectivity index (χ2v) is 5.88. The SMILES string of the molecule is CN=C(NCCc1c[nH]c2c(C)cccc12)NCC1CC1. The predicted octanol–water partition coefficient (Wildman–Crippen LogP) is 2.59. The molecular formula is C17H24N4. The number of rotatable bonds is 5. The van der Waals surface area contributed by atoms with E-state index in [0.717, 1.165) is 31.4 Å². The number of benzene rings is 1. The minimum Gasteiger partial charge on any atom is -0.361 e. The first-order chi connectivity index (χ1) is 10.3. The molecule has 0 atom stereocenters. The Labute approximate surface area is 126 Å². The van der Waals surface area contributed by atoms with Crippen LogP contribution in [0.15, 0.2) is 29.4 Å². The van der Waals surface area contributed by atoms with Crippen LogP contribution in [0.3, 0.4) is 0 Å². The lowest BCUT2D eigenvalue weighted by atomic mass is 10.1. The molecule has 1 aromatic carbocycles. The quantitative estimate of drug-likeness (QED) is 0.584. The molecule has 1 heterocycles. The summed E-state index contributed by atoms with van der Waals surface area (Å²) in [6.07, 6.45) is 5.84. The van der Waals surface area contributed by atoms with Crippen molar-refractivity contribution in [2.24, 2.45) is 10.9 Å². The predicted molar refractivity (Wildman–Crippen MR) is 88.8 cm³/mol. The van der Waals surface area contributed by atoms with Gasteiger partial charge in [0.05, 0.1) is 0 Å². The number of nitrogens with one attached hydrogen (secondary N) is 3. The molecule has 3 rings (SSSR count). The van der Waals surface area contributed by atoms with Gasteiger partial charge in [0.25, 0.3) is 0 Å². The number of para-hydroxylation sites is 1. The van der Waals surface area contributed by atoms with Crippen LogP contribution in [0.1, 0.15) is 24.0 Å². The highest BCUT2D eigenvalue weighted by Gasteiger charge is 2.20. The van der Waals surface area contributed by atoms with Gasteiger partial charge in [-0.25, -0.2) is 0 Å². The van der Waals surface area contributed by atoms with Gasteiger partial charge in [0.1, 0.15) is 0 Å². The highest BCUT2D eigenvalue weighted by atomic mass is 15.2. The van der Waals surface area contributed by atoms with Gasteiger partial charge < -0.3 is 15.6 Å². The van der Waals surface area contributed by atoms with Gasteiger partial charge >= 0.3 is 0 Å². The molecule has 0 aliphatic heterocycles. The number of aryl methyl sites for hydroxylation is 1. The molecule has 0 spiro atoms. The molecule has 1 aromatic heterocycles. The normalized spacial score (nSPS) is 15.4. The van der Waals surface area contributed by atoms with Crippen LogP contribution in [0.2, 0.25) is 0 Å². The van der Waals surface area contributed by atoms with E-state index in [2.05, 4.69) is 51.9 Å². The van der Waals surface area contributed by atoms with Crippen molar-refractivity contribution in [3.63, 3.8) is 0 Å². The first-order valence-electron chi connectivity index (χ1n) is 7.78. The number of guanidine groups is 1. The maximum Gasteiger partial charge on any atom is 0.190 e. The van der Waals surface area contributed by atoms with Crippen LogP contribution in [-0.2, 0) is 6.42 Å². The maximum absolute atomic E-state index is 4.27. The molecule has 21 heavy (non-hydrogen) atoms. The molecule has 0 unspecified atom stereocenters. The molecule has 3 N–H and O–H groups in total. The Hall–Kier alpha value is -1.97. The minimum absolute atomic E-state index is 0.861.